The summed E-state index contributed by atoms with van der Waals surface area (Å²) in [7, 11) is 0. The van der Waals surface area contributed by atoms with E-state index in [2.05, 4.69) is 9.97 Å². The lowest BCUT2D eigenvalue weighted by Gasteiger charge is -2.35. The van der Waals surface area contributed by atoms with Crippen molar-refractivity contribution in [3.05, 3.63) is 125 Å². The van der Waals surface area contributed by atoms with Gasteiger partial charge in [-0.2, -0.15) is 9.37 Å². The Kier molecular flexibility index (Phi) is 4.38. The van der Waals surface area contributed by atoms with Crippen LogP contribution in [0.4, 0.5) is 4.39 Å². The largest absolute Gasteiger partial charge is 0.316 e. The molecule has 0 aliphatic rings. The molecule has 4 rings (SSSR count). The minimum atomic E-state index is -0.905. The fraction of sp³-hybridized carbons (Fsp3) is 0.0435. The van der Waals surface area contributed by atoms with Gasteiger partial charge in [-0.3, -0.25) is 4.79 Å². The highest BCUT2D eigenvalue weighted by Crippen LogP contribution is 2.45. The number of carbonyl (C=O) groups excluding carboxylic acids is 1. The summed E-state index contributed by atoms with van der Waals surface area (Å²) >= 11 is 0. The smallest absolute Gasteiger partial charge is 0.287 e. The molecule has 3 nitrogen and oxygen atoms in total. The highest BCUT2D eigenvalue weighted by atomic mass is 19.1. The number of H-pyrrole nitrogens is 1. The highest BCUT2D eigenvalue weighted by Gasteiger charge is 2.42. The van der Waals surface area contributed by atoms with Crippen molar-refractivity contribution >= 4 is 6.29 Å². The topological polar surface area (TPSA) is 45.8 Å². The summed E-state index contributed by atoms with van der Waals surface area (Å²) in [5.41, 5.74) is 2.30. The number of hydrogen-bond acceptors (Lipinski definition) is 2. The van der Waals surface area contributed by atoms with Crippen LogP contribution in [0.3, 0.4) is 0 Å². The molecule has 3 aromatic carbocycles. The molecule has 1 aromatic heterocycles. The lowest BCUT2D eigenvalue weighted by atomic mass is 9.67. The fourth-order valence-corrected chi connectivity index (χ4v) is 3.73. The third-order valence-corrected chi connectivity index (χ3v) is 4.81. The normalized spacial score (nSPS) is 11.3. The second-order valence-corrected chi connectivity index (χ2v) is 6.25. The Labute approximate surface area is 156 Å². The summed E-state index contributed by atoms with van der Waals surface area (Å²) < 4.78 is 14.1. The number of benzene rings is 3. The van der Waals surface area contributed by atoms with Gasteiger partial charge in [0.25, 0.3) is 6.08 Å². The van der Waals surface area contributed by atoms with Crippen molar-refractivity contribution in [2.45, 2.75) is 5.41 Å². The molecular weight excluding hydrogens is 339 g/mol. The maximum Gasteiger partial charge on any atom is 0.287 e. The standard InChI is InChI=1S/C23H17FN2O/c24-22-25-20(16-27)21(26-22)23(17-10-4-1-5-11-17,18-12-6-2-7-13-18)19-14-8-3-9-15-19/h1-16H,(H,25,26). The van der Waals surface area contributed by atoms with Gasteiger partial charge in [0.1, 0.15) is 5.69 Å². The van der Waals surface area contributed by atoms with Crippen molar-refractivity contribution in [2.24, 2.45) is 0 Å². The van der Waals surface area contributed by atoms with Crippen LogP contribution in [0.25, 0.3) is 0 Å². The maximum atomic E-state index is 14.1. The molecular formula is C23H17FN2O. The second kappa shape index (κ2) is 7.00. The van der Waals surface area contributed by atoms with E-state index in [-0.39, 0.29) is 5.69 Å². The molecule has 0 atom stereocenters. The van der Waals surface area contributed by atoms with Gasteiger partial charge >= 0.3 is 0 Å². The van der Waals surface area contributed by atoms with Gasteiger partial charge in [0.15, 0.2) is 6.29 Å². The number of rotatable bonds is 5. The third kappa shape index (κ3) is 2.75. The van der Waals surface area contributed by atoms with Gasteiger partial charge in [-0.25, -0.2) is 0 Å². The van der Waals surface area contributed by atoms with Crippen LogP contribution in [-0.4, -0.2) is 16.3 Å². The van der Waals surface area contributed by atoms with Crippen molar-refractivity contribution in [3.63, 3.8) is 0 Å². The minimum Gasteiger partial charge on any atom is -0.316 e. The van der Waals surface area contributed by atoms with Crippen LogP contribution in [0.1, 0.15) is 32.9 Å². The molecule has 0 saturated carbocycles. The van der Waals surface area contributed by atoms with Crippen molar-refractivity contribution in [1.29, 1.82) is 0 Å². The summed E-state index contributed by atoms with van der Waals surface area (Å²) in [6.07, 6.45) is -0.183. The van der Waals surface area contributed by atoms with E-state index in [1.165, 1.54) is 0 Å². The molecule has 1 N–H and O–H groups in total. The molecule has 0 fully saturated rings. The van der Waals surface area contributed by atoms with Crippen LogP contribution in [-0.2, 0) is 5.41 Å². The van der Waals surface area contributed by atoms with Gasteiger partial charge in [0.05, 0.1) is 11.1 Å². The first-order valence-corrected chi connectivity index (χ1v) is 8.64. The van der Waals surface area contributed by atoms with Crippen molar-refractivity contribution in [3.8, 4) is 0 Å². The van der Waals surface area contributed by atoms with E-state index >= 15 is 0 Å². The van der Waals surface area contributed by atoms with Gasteiger partial charge < -0.3 is 4.98 Å². The van der Waals surface area contributed by atoms with Gasteiger partial charge in [0, 0.05) is 0 Å². The number of nitrogens with zero attached hydrogens (tertiary/aromatic N) is 1. The summed E-state index contributed by atoms with van der Waals surface area (Å²) in [6, 6.07) is 29.3. The fourth-order valence-electron chi connectivity index (χ4n) is 3.73. The molecule has 0 amide bonds. The molecule has 1 heterocycles. The van der Waals surface area contributed by atoms with Crippen molar-refractivity contribution in [1.82, 2.24) is 9.97 Å². The Bertz CT molecular complexity index is 947. The number of carbonyl (C=O) groups is 1. The van der Waals surface area contributed by atoms with Gasteiger partial charge in [0.2, 0.25) is 0 Å². The number of aromatic amines is 1. The average molecular weight is 356 g/mol. The van der Waals surface area contributed by atoms with E-state index in [0.29, 0.717) is 12.0 Å². The zero-order valence-electron chi connectivity index (χ0n) is 14.5. The first-order valence-electron chi connectivity index (χ1n) is 8.64. The average Bonchev–Trinajstić information content (AvgIpc) is 3.12. The Balaban J connectivity index is 2.18. The minimum absolute atomic E-state index is 0.0593. The van der Waals surface area contributed by atoms with Crippen molar-refractivity contribution in [2.75, 3.05) is 0 Å². The van der Waals surface area contributed by atoms with Crippen LogP contribution < -0.4 is 0 Å². The van der Waals surface area contributed by atoms with E-state index in [1.54, 1.807) is 0 Å². The SMILES string of the molecule is O=Cc1nc(F)[nH]c1C(c1ccccc1)(c1ccccc1)c1ccccc1. The van der Waals surface area contributed by atoms with Crippen LogP contribution in [0, 0.1) is 6.08 Å². The zero-order chi connectivity index (χ0) is 18.7. The predicted molar refractivity (Wildman–Crippen MR) is 102 cm³/mol. The van der Waals surface area contributed by atoms with Gasteiger partial charge in [-0.15, -0.1) is 0 Å². The number of imidazole rings is 1. The first-order chi connectivity index (χ1) is 13.3. The lowest BCUT2D eigenvalue weighted by Crippen LogP contribution is -2.32. The van der Waals surface area contributed by atoms with E-state index < -0.39 is 11.5 Å². The van der Waals surface area contributed by atoms with Crippen LogP contribution in [0.15, 0.2) is 91.0 Å². The molecule has 0 unspecified atom stereocenters. The van der Waals surface area contributed by atoms with Crippen LogP contribution in [0.5, 0.6) is 0 Å². The zero-order valence-corrected chi connectivity index (χ0v) is 14.5. The van der Waals surface area contributed by atoms with Crippen LogP contribution in [0.2, 0.25) is 0 Å². The van der Waals surface area contributed by atoms with E-state index in [0.717, 1.165) is 16.7 Å². The molecule has 0 saturated heterocycles. The molecule has 0 spiro atoms. The van der Waals surface area contributed by atoms with Gasteiger partial charge in [-0.1, -0.05) is 91.0 Å². The predicted octanol–water partition coefficient (Wildman–Crippen LogP) is 4.74. The summed E-state index contributed by atoms with van der Waals surface area (Å²) in [4.78, 5) is 18.2. The highest BCUT2D eigenvalue weighted by molar-refractivity contribution is 5.77. The third-order valence-electron chi connectivity index (χ3n) is 4.81. The summed E-state index contributed by atoms with van der Waals surface area (Å²) in [5.74, 6) is 0. The van der Waals surface area contributed by atoms with E-state index in [4.69, 9.17) is 0 Å². The monoisotopic (exact) mass is 356 g/mol. The molecule has 0 aliphatic carbocycles. The molecule has 4 aromatic rings. The molecule has 0 radical (unpaired) electrons. The molecule has 0 bridgehead atoms. The van der Waals surface area contributed by atoms with Gasteiger partial charge in [-0.05, 0) is 16.7 Å². The number of hydrogen-bond donors (Lipinski definition) is 1. The van der Waals surface area contributed by atoms with Crippen LogP contribution >= 0.6 is 0 Å². The number of aldehydes is 1. The Morgan fingerprint density at radius 1 is 0.741 bits per heavy atom. The molecule has 132 valence electrons. The quantitative estimate of drug-likeness (QED) is 0.414. The van der Waals surface area contributed by atoms with Crippen molar-refractivity contribution < 1.29 is 9.18 Å². The molecule has 4 heteroatoms. The number of halogens is 1. The Morgan fingerprint density at radius 2 is 1.15 bits per heavy atom. The maximum absolute atomic E-state index is 14.1. The first kappa shape index (κ1) is 16.9. The number of aromatic nitrogens is 2. The summed E-state index contributed by atoms with van der Waals surface area (Å²) in [5, 5.41) is 0. The second-order valence-electron chi connectivity index (χ2n) is 6.25. The molecule has 0 aliphatic heterocycles. The summed E-state index contributed by atoms with van der Waals surface area (Å²) in [6.45, 7) is 0. The molecule has 27 heavy (non-hydrogen) atoms. The number of nitrogens with one attached hydrogen (secondary N) is 1. The lowest BCUT2D eigenvalue weighted by molar-refractivity contribution is 0.111. The Morgan fingerprint density at radius 3 is 1.52 bits per heavy atom. The van der Waals surface area contributed by atoms with E-state index in [9.17, 15) is 9.18 Å². The van der Waals surface area contributed by atoms with E-state index in [1.807, 2.05) is 91.0 Å². The Hall–Kier alpha value is -3.53.